The summed E-state index contributed by atoms with van der Waals surface area (Å²) in [5.74, 6) is 0.175. The largest absolute Gasteiger partial charge is 0.449 e. The third kappa shape index (κ3) is 1.65. The number of hydrogen-bond donors (Lipinski definition) is 0. The van der Waals surface area contributed by atoms with E-state index in [2.05, 4.69) is 32.1 Å². The summed E-state index contributed by atoms with van der Waals surface area (Å²) in [5.41, 5.74) is -0.588. The number of ether oxygens (including phenoxy) is 2. The molecule has 0 unspecified atom stereocenters. The Morgan fingerprint density at radius 3 is 2.79 bits per heavy atom. The zero-order valence-electron chi connectivity index (χ0n) is 16.5. The van der Waals surface area contributed by atoms with E-state index in [0.29, 0.717) is 5.56 Å². The molecule has 0 amide bonds. The quantitative estimate of drug-likeness (QED) is 0.544. The fourth-order valence-corrected chi connectivity index (χ4v) is 6.56. The lowest BCUT2D eigenvalue weighted by Gasteiger charge is -2.68. The smallest absolute Gasteiger partial charge is 0.339 e. The molecule has 28 heavy (non-hydrogen) atoms. The summed E-state index contributed by atoms with van der Waals surface area (Å²) in [6, 6.07) is 7.70. The van der Waals surface area contributed by atoms with Gasteiger partial charge in [-0.3, -0.25) is 4.79 Å². The van der Waals surface area contributed by atoms with Crippen molar-refractivity contribution in [2.45, 2.75) is 58.0 Å². The van der Waals surface area contributed by atoms with Gasteiger partial charge in [-0.05, 0) is 37.8 Å². The molecule has 1 aromatic carbocycles. The number of allylic oxidation sites excluding steroid dienone is 2. The van der Waals surface area contributed by atoms with Crippen molar-refractivity contribution in [1.82, 2.24) is 0 Å². The molecule has 146 valence electrons. The summed E-state index contributed by atoms with van der Waals surface area (Å²) in [6.45, 7) is 4.23. The van der Waals surface area contributed by atoms with E-state index in [4.69, 9.17) is 9.47 Å². The number of fused-ring (bicyclic) bond motifs is 2. The maximum Gasteiger partial charge on any atom is 0.339 e. The van der Waals surface area contributed by atoms with Crippen molar-refractivity contribution in [3.05, 3.63) is 59.4 Å². The monoisotopic (exact) mass is 378 g/mol. The SMILES string of the molecule is CCC/C=C1\OC(=O)[C@]23C=CCC[C@]12[C@@]1(OC(=O)c2ccccc21)[C@H]3CCC. The van der Waals surface area contributed by atoms with Crippen LogP contribution in [0.5, 0.6) is 0 Å². The minimum absolute atomic E-state index is 0.103. The zero-order valence-corrected chi connectivity index (χ0v) is 16.5. The van der Waals surface area contributed by atoms with E-state index >= 15 is 0 Å². The fraction of sp³-hybridized carbons (Fsp3) is 0.500. The van der Waals surface area contributed by atoms with Gasteiger partial charge in [0.15, 0.2) is 5.60 Å². The van der Waals surface area contributed by atoms with E-state index in [-0.39, 0.29) is 17.9 Å². The van der Waals surface area contributed by atoms with Crippen molar-refractivity contribution in [2.24, 2.45) is 16.7 Å². The van der Waals surface area contributed by atoms with Gasteiger partial charge in [0.1, 0.15) is 11.2 Å². The number of unbranched alkanes of at least 4 members (excludes halogenated alkanes) is 1. The molecule has 1 aromatic rings. The van der Waals surface area contributed by atoms with Gasteiger partial charge in [0, 0.05) is 11.5 Å². The minimum atomic E-state index is -0.812. The van der Waals surface area contributed by atoms with Gasteiger partial charge in [-0.2, -0.15) is 0 Å². The molecule has 0 bridgehead atoms. The van der Waals surface area contributed by atoms with Crippen molar-refractivity contribution in [2.75, 3.05) is 0 Å². The lowest BCUT2D eigenvalue weighted by atomic mass is 9.32. The lowest BCUT2D eigenvalue weighted by Crippen LogP contribution is -2.75. The van der Waals surface area contributed by atoms with E-state index < -0.39 is 16.4 Å². The van der Waals surface area contributed by atoms with Gasteiger partial charge in [0.05, 0.1) is 11.0 Å². The van der Waals surface area contributed by atoms with Crippen LogP contribution in [0.3, 0.4) is 0 Å². The third-order valence-electron chi connectivity index (χ3n) is 7.40. The van der Waals surface area contributed by atoms with Crippen LogP contribution in [-0.2, 0) is 19.9 Å². The van der Waals surface area contributed by atoms with Crippen LogP contribution >= 0.6 is 0 Å². The first-order valence-corrected chi connectivity index (χ1v) is 10.5. The predicted molar refractivity (Wildman–Crippen MR) is 104 cm³/mol. The van der Waals surface area contributed by atoms with E-state index in [1.807, 2.05) is 24.3 Å². The average molecular weight is 378 g/mol. The molecule has 4 nitrogen and oxygen atoms in total. The van der Waals surface area contributed by atoms with Gasteiger partial charge in [-0.15, -0.1) is 0 Å². The molecule has 1 saturated heterocycles. The topological polar surface area (TPSA) is 52.6 Å². The molecule has 2 aliphatic carbocycles. The Balaban J connectivity index is 1.82. The highest BCUT2D eigenvalue weighted by Crippen LogP contribution is 2.83. The Kier molecular flexibility index (Phi) is 3.68. The number of hydrogen-bond acceptors (Lipinski definition) is 4. The van der Waals surface area contributed by atoms with Crippen molar-refractivity contribution < 1.29 is 19.1 Å². The molecule has 1 saturated carbocycles. The van der Waals surface area contributed by atoms with Gasteiger partial charge in [-0.25, -0.2) is 4.79 Å². The van der Waals surface area contributed by atoms with Crippen LogP contribution in [0.4, 0.5) is 0 Å². The first-order chi connectivity index (χ1) is 13.6. The second kappa shape index (κ2) is 5.82. The molecule has 1 spiro atoms. The van der Waals surface area contributed by atoms with Crippen LogP contribution in [0.15, 0.2) is 48.3 Å². The molecular formula is C24H26O4. The van der Waals surface area contributed by atoms with Crippen molar-refractivity contribution in [1.29, 1.82) is 0 Å². The van der Waals surface area contributed by atoms with Gasteiger partial charge in [-0.1, -0.05) is 57.0 Å². The summed E-state index contributed by atoms with van der Waals surface area (Å²) in [7, 11) is 0. The van der Waals surface area contributed by atoms with E-state index in [9.17, 15) is 9.59 Å². The van der Waals surface area contributed by atoms with E-state index in [0.717, 1.165) is 49.8 Å². The Bertz CT molecular complexity index is 928. The standard InChI is InChI=1S/C24H26O4/c1-3-5-13-19-23-15-9-8-14-22(23,21(26)27-19)18(10-4-2)24(23)17-12-7-6-11-16(17)20(25)28-24/h6-8,11-14,18H,3-5,9-10,15H2,1-2H3/b19-13-/t18-,22+,23-,24-/m0/s1. The maximum absolute atomic E-state index is 13.3. The number of carbonyl (C=O) groups excluding carboxylic acids is 2. The molecule has 4 heteroatoms. The summed E-state index contributed by atoms with van der Waals surface area (Å²) < 4.78 is 12.3. The zero-order chi connectivity index (χ0) is 19.6. The van der Waals surface area contributed by atoms with E-state index in [1.165, 1.54) is 0 Å². The van der Waals surface area contributed by atoms with E-state index in [1.54, 1.807) is 0 Å². The highest BCUT2D eigenvalue weighted by atomic mass is 16.6. The molecule has 0 aromatic heterocycles. The summed E-state index contributed by atoms with van der Waals surface area (Å²) >= 11 is 0. The van der Waals surface area contributed by atoms with Crippen LogP contribution in [0, 0.1) is 16.7 Å². The second-order valence-corrected chi connectivity index (χ2v) is 8.47. The van der Waals surface area contributed by atoms with Crippen LogP contribution in [0.25, 0.3) is 0 Å². The third-order valence-corrected chi connectivity index (χ3v) is 7.40. The number of rotatable bonds is 4. The highest BCUT2D eigenvalue weighted by molar-refractivity contribution is 5.98. The van der Waals surface area contributed by atoms with Gasteiger partial charge < -0.3 is 9.47 Å². The molecule has 4 aliphatic rings. The summed E-state index contributed by atoms with van der Waals surface area (Å²) in [4.78, 5) is 26.2. The fourth-order valence-electron chi connectivity index (χ4n) is 6.56. The minimum Gasteiger partial charge on any atom is -0.449 e. The van der Waals surface area contributed by atoms with Gasteiger partial charge in [0.25, 0.3) is 0 Å². The first kappa shape index (κ1) is 17.7. The number of benzene rings is 1. The number of esters is 2. The van der Waals surface area contributed by atoms with Crippen molar-refractivity contribution in [3.63, 3.8) is 0 Å². The van der Waals surface area contributed by atoms with Crippen LogP contribution in [0.2, 0.25) is 0 Å². The molecule has 2 fully saturated rings. The van der Waals surface area contributed by atoms with Crippen molar-refractivity contribution in [3.8, 4) is 0 Å². The number of carbonyl (C=O) groups is 2. The molecular weight excluding hydrogens is 352 g/mol. The normalized spacial score (nSPS) is 38.6. The Labute approximate surface area is 165 Å². The Hall–Kier alpha value is -2.36. The maximum atomic E-state index is 13.3. The Morgan fingerprint density at radius 2 is 2.00 bits per heavy atom. The predicted octanol–water partition coefficient (Wildman–Crippen LogP) is 5.05. The first-order valence-electron chi connectivity index (χ1n) is 10.5. The second-order valence-electron chi connectivity index (χ2n) is 8.47. The van der Waals surface area contributed by atoms with Crippen molar-refractivity contribution >= 4 is 11.9 Å². The number of cyclic esters (lactones) is 1. The lowest BCUT2D eigenvalue weighted by molar-refractivity contribution is -0.270. The summed E-state index contributed by atoms with van der Waals surface area (Å²) in [6.07, 6.45) is 11.4. The Morgan fingerprint density at radius 1 is 1.18 bits per heavy atom. The molecule has 0 N–H and O–H groups in total. The average Bonchev–Trinajstić information content (AvgIpc) is 3.15. The molecule has 2 aliphatic heterocycles. The summed E-state index contributed by atoms with van der Waals surface area (Å²) in [5, 5.41) is 0. The van der Waals surface area contributed by atoms with Crippen LogP contribution in [0.1, 0.15) is 68.3 Å². The van der Waals surface area contributed by atoms with Crippen LogP contribution < -0.4 is 0 Å². The van der Waals surface area contributed by atoms with Crippen LogP contribution in [-0.4, -0.2) is 11.9 Å². The highest BCUT2D eigenvalue weighted by Gasteiger charge is 2.90. The molecule has 4 atom stereocenters. The molecule has 5 rings (SSSR count). The molecule has 0 radical (unpaired) electrons. The van der Waals surface area contributed by atoms with Gasteiger partial charge in [0.2, 0.25) is 0 Å². The molecule has 2 heterocycles. The van der Waals surface area contributed by atoms with Gasteiger partial charge >= 0.3 is 11.9 Å².